The van der Waals surface area contributed by atoms with Crippen LogP contribution in [0.1, 0.15) is 10.4 Å². The van der Waals surface area contributed by atoms with Crippen molar-refractivity contribution >= 4 is 27.7 Å². The van der Waals surface area contributed by atoms with Gasteiger partial charge in [0, 0.05) is 49.0 Å². The number of hydrogen-bond acceptors (Lipinski definition) is 4. The van der Waals surface area contributed by atoms with Crippen LogP contribution in [0.25, 0.3) is 0 Å². The van der Waals surface area contributed by atoms with E-state index in [0.29, 0.717) is 25.2 Å². The summed E-state index contributed by atoms with van der Waals surface area (Å²) < 4.78 is 57.4. The van der Waals surface area contributed by atoms with Gasteiger partial charge in [-0.25, -0.2) is 13.8 Å². The third-order valence-corrected chi connectivity index (χ3v) is 4.53. The molecule has 27 heavy (non-hydrogen) atoms. The fourth-order valence-electron chi connectivity index (χ4n) is 2.78. The van der Waals surface area contributed by atoms with Gasteiger partial charge in [-0.15, -0.1) is 0 Å². The highest BCUT2D eigenvalue weighted by Gasteiger charge is 2.28. The molecule has 1 aromatic carbocycles. The quantitative estimate of drug-likeness (QED) is 0.670. The Bertz CT molecular complexity index is 804. The third kappa shape index (κ3) is 4.49. The maximum absolute atomic E-state index is 14.1. The van der Waals surface area contributed by atoms with E-state index in [9.17, 15) is 22.4 Å². The maximum atomic E-state index is 14.1. The molecule has 0 N–H and O–H groups in total. The highest BCUT2D eigenvalue weighted by atomic mass is 79.9. The van der Waals surface area contributed by atoms with Crippen LogP contribution < -0.4 is 9.64 Å². The van der Waals surface area contributed by atoms with E-state index < -0.39 is 35.5 Å². The van der Waals surface area contributed by atoms with Crippen molar-refractivity contribution in [3.8, 4) is 5.75 Å². The van der Waals surface area contributed by atoms with Gasteiger partial charge in [0.05, 0.1) is 0 Å². The number of benzene rings is 1. The lowest BCUT2D eigenvalue weighted by Gasteiger charge is -2.35. The molecule has 0 unspecified atom stereocenters. The van der Waals surface area contributed by atoms with Gasteiger partial charge in [-0.2, -0.15) is 8.78 Å². The van der Waals surface area contributed by atoms with Crippen molar-refractivity contribution in [3.63, 3.8) is 0 Å². The lowest BCUT2D eigenvalue weighted by Crippen LogP contribution is -2.49. The second-order valence-electron chi connectivity index (χ2n) is 5.75. The second kappa shape index (κ2) is 8.12. The summed E-state index contributed by atoms with van der Waals surface area (Å²) in [6, 6.07) is 4.81. The van der Waals surface area contributed by atoms with Crippen LogP contribution in [-0.4, -0.2) is 48.6 Å². The first-order chi connectivity index (χ1) is 12.8. The molecule has 1 aromatic heterocycles. The molecule has 0 bridgehead atoms. The van der Waals surface area contributed by atoms with E-state index in [4.69, 9.17) is 0 Å². The smallest absolute Gasteiger partial charge is 0.387 e. The van der Waals surface area contributed by atoms with Crippen LogP contribution in [0.3, 0.4) is 0 Å². The van der Waals surface area contributed by atoms with Gasteiger partial charge in [0.15, 0.2) is 0 Å². The van der Waals surface area contributed by atoms with E-state index >= 15 is 0 Å². The van der Waals surface area contributed by atoms with Crippen molar-refractivity contribution in [1.82, 2.24) is 9.88 Å². The molecule has 1 fully saturated rings. The Balaban J connectivity index is 1.69. The van der Waals surface area contributed by atoms with Crippen LogP contribution in [0.15, 0.2) is 34.9 Å². The summed E-state index contributed by atoms with van der Waals surface area (Å²) in [5.41, 5.74) is -0.785. The first-order valence-corrected chi connectivity index (χ1v) is 8.74. The number of pyridine rings is 1. The molecule has 3 rings (SSSR count). The van der Waals surface area contributed by atoms with Crippen LogP contribution in [0, 0.1) is 11.6 Å². The summed E-state index contributed by atoms with van der Waals surface area (Å²) in [5.74, 6) is -3.27. The maximum Gasteiger partial charge on any atom is 0.387 e. The third-order valence-electron chi connectivity index (χ3n) is 4.06. The molecule has 1 aliphatic rings. The van der Waals surface area contributed by atoms with Crippen LogP contribution in [-0.2, 0) is 0 Å². The fourth-order valence-corrected chi connectivity index (χ4v) is 3.01. The lowest BCUT2D eigenvalue weighted by atomic mass is 10.1. The van der Waals surface area contributed by atoms with E-state index in [1.807, 2.05) is 17.0 Å². The largest absolute Gasteiger partial charge is 0.435 e. The Morgan fingerprint density at radius 1 is 1.11 bits per heavy atom. The van der Waals surface area contributed by atoms with Gasteiger partial charge in [0.1, 0.15) is 28.8 Å². The topological polar surface area (TPSA) is 45.7 Å². The SMILES string of the molecule is O=C(c1c(F)cc(OC(F)F)cc1F)N1CCN(c2ccc(Br)cn2)CC1. The number of amides is 1. The summed E-state index contributed by atoms with van der Waals surface area (Å²) in [4.78, 5) is 20.0. The number of rotatable bonds is 4. The van der Waals surface area contributed by atoms with Gasteiger partial charge in [0.2, 0.25) is 0 Å². The molecule has 5 nitrogen and oxygen atoms in total. The molecule has 0 atom stereocenters. The number of halogens is 5. The van der Waals surface area contributed by atoms with Gasteiger partial charge < -0.3 is 14.5 Å². The molecular weight excluding hydrogens is 434 g/mol. The molecule has 0 saturated carbocycles. The van der Waals surface area contributed by atoms with E-state index in [2.05, 4.69) is 25.7 Å². The Morgan fingerprint density at radius 3 is 2.26 bits per heavy atom. The lowest BCUT2D eigenvalue weighted by molar-refractivity contribution is -0.0501. The normalized spacial score (nSPS) is 14.6. The number of piperazine rings is 1. The minimum absolute atomic E-state index is 0.241. The van der Waals surface area contributed by atoms with E-state index in [-0.39, 0.29) is 13.1 Å². The number of carbonyl (C=O) groups excluding carboxylic acids is 1. The second-order valence-corrected chi connectivity index (χ2v) is 6.67. The zero-order valence-electron chi connectivity index (χ0n) is 13.8. The van der Waals surface area contributed by atoms with Crippen molar-refractivity contribution < 1.29 is 27.1 Å². The molecule has 10 heteroatoms. The molecule has 0 spiro atoms. The molecule has 144 valence electrons. The predicted octanol–water partition coefficient (Wildman–Crippen LogP) is 3.69. The molecule has 1 amide bonds. The fraction of sp³-hybridized carbons (Fsp3) is 0.294. The number of ether oxygens (including phenoxy) is 1. The van der Waals surface area contributed by atoms with Crippen LogP contribution >= 0.6 is 15.9 Å². The van der Waals surface area contributed by atoms with E-state index in [1.165, 1.54) is 4.90 Å². The highest BCUT2D eigenvalue weighted by Crippen LogP contribution is 2.24. The van der Waals surface area contributed by atoms with Crippen LogP contribution in [0.4, 0.5) is 23.4 Å². The van der Waals surface area contributed by atoms with Gasteiger partial charge >= 0.3 is 6.61 Å². The minimum atomic E-state index is -3.22. The van der Waals surface area contributed by atoms with Crippen molar-refractivity contribution in [3.05, 3.63) is 52.1 Å². The average molecular weight is 448 g/mol. The zero-order valence-corrected chi connectivity index (χ0v) is 15.4. The highest BCUT2D eigenvalue weighted by molar-refractivity contribution is 9.10. The molecular formula is C17H14BrF4N3O2. The van der Waals surface area contributed by atoms with E-state index in [1.54, 1.807) is 6.20 Å². The van der Waals surface area contributed by atoms with E-state index in [0.717, 1.165) is 10.3 Å². The summed E-state index contributed by atoms with van der Waals surface area (Å²) in [5, 5.41) is 0. The molecule has 1 aliphatic heterocycles. The van der Waals surface area contributed by atoms with Gasteiger partial charge in [-0.1, -0.05) is 0 Å². The summed E-state index contributed by atoms with van der Waals surface area (Å²) >= 11 is 3.30. The standard InChI is InChI=1S/C17H14BrF4N3O2/c18-10-1-2-14(23-9-10)24-3-5-25(6-4-24)16(26)15-12(19)7-11(8-13(15)20)27-17(21)22/h1-2,7-9,17H,3-6H2. The number of aromatic nitrogens is 1. The summed E-state index contributed by atoms with van der Waals surface area (Å²) in [6.45, 7) is -1.85. The molecule has 0 aliphatic carbocycles. The minimum Gasteiger partial charge on any atom is -0.435 e. The Hall–Kier alpha value is -2.36. The predicted molar refractivity (Wildman–Crippen MR) is 93.0 cm³/mol. The number of anilines is 1. The van der Waals surface area contributed by atoms with Crippen molar-refractivity contribution in [1.29, 1.82) is 0 Å². The first kappa shape index (κ1) is 19.4. The molecule has 2 heterocycles. The Kier molecular flexibility index (Phi) is 5.83. The number of carbonyl (C=O) groups is 1. The van der Waals surface area contributed by atoms with Crippen LogP contribution in [0.5, 0.6) is 5.75 Å². The van der Waals surface area contributed by atoms with Crippen molar-refractivity contribution in [2.45, 2.75) is 6.61 Å². The first-order valence-electron chi connectivity index (χ1n) is 7.95. The molecule has 2 aromatic rings. The number of nitrogens with zero attached hydrogens (tertiary/aromatic N) is 3. The Labute approximate surface area is 160 Å². The van der Waals surface area contributed by atoms with Crippen molar-refractivity contribution in [2.24, 2.45) is 0 Å². The average Bonchev–Trinajstić information content (AvgIpc) is 2.61. The Morgan fingerprint density at radius 2 is 1.74 bits per heavy atom. The van der Waals surface area contributed by atoms with Gasteiger partial charge in [-0.05, 0) is 28.1 Å². The monoisotopic (exact) mass is 447 g/mol. The molecule has 1 saturated heterocycles. The summed E-state index contributed by atoms with van der Waals surface area (Å²) in [7, 11) is 0. The number of hydrogen-bond donors (Lipinski definition) is 0. The molecule has 0 radical (unpaired) electrons. The summed E-state index contributed by atoms with van der Waals surface area (Å²) in [6.07, 6.45) is 1.65. The van der Waals surface area contributed by atoms with Gasteiger partial charge in [-0.3, -0.25) is 4.79 Å². The van der Waals surface area contributed by atoms with Crippen molar-refractivity contribution in [2.75, 3.05) is 31.1 Å². The number of alkyl halides is 2. The zero-order chi connectivity index (χ0) is 19.6. The van der Waals surface area contributed by atoms with Gasteiger partial charge in [0.25, 0.3) is 5.91 Å². The van der Waals surface area contributed by atoms with Crippen LogP contribution in [0.2, 0.25) is 0 Å².